The number of carbonyl (C=O) groups is 1. The molecule has 0 heterocycles. The highest BCUT2D eigenvalue weighted by molar-refractivity contribution is 5.66. The van der Waals surface area contributed by atoms with E-state index in [1.807, 2.05) is 0 Å². The average molecular weight is 222 g/mol. The third-order valence-corrected chi connectivity index (χ3v) is 2.37. The zero-order chi connectivity index (χ0) is 11.7. The van der Waals surface area contributed by atoms with Crippen molar-refractivity contribution in [2.75, 3.05) is 0 Å². The maximum Gasteiger partial charge on any atom is 0.303 e. The zero-order valence-electron chi connectivity index (χ0n) is 8.02. The van der Waals surface area contributed by atoms with Gasteiger partial charge >= 0.3 is 5.97 Å². The molecule has 1 aliphatic rings. The first-order valence-corrected chi connectivity index (χ1v) is 4.43. The Morgan fingerprint density at radius 1 is 0.867 bits per heavy atom. The normalized spacial score (nSPS) is 46.3. The lowest BCUT2D eigenvalue weighted by Gasteiger charge is -2.40. The van der Waals surface area contributed by atoms with Crippen molar-refractivity contribution in [1.82, 2.24) is 0 Å². The molecule has 2 unspecified atom stereocenters. The van der Waals surface area contributed by atoms with Crippen LogP contribution in [0.3, 0.4) is 0 Å². The second-order valence-electron chi connectivity index (χ2n) is 3.53. The molecule has 0 amide bonds. The first-order chi connectivity index (χ1) is 6.86. The Kier molecular flexibility index (Phi) is 3.63. The zero-order valence-corrected chi connectivity index (χ0v) is 8.02. The summed E-state index contributed by atoms with van der Waals surface area (Å²) in [6, 6.07) is 0. The van der Waals surface area contributed by atoms with Crippen molar-refractivity contribution >= 4 is 5.97 Å². The Balaban J connectivity index is 2.81. The van der Waals surface area contributed by atoms with Gasteiger partial charge < -0.3 is 30.3 Å². The fourth-order valence-electron chi connectivity index (χ4n) is 1.53. The predicted octanol–water partition coefficient (Wildman–Crippen LogP) is -3.26. The number of rotatable bonds is 1. The summed E-state index contributed by atoms with van der Waals surface area (Å²) in [5.41, 5.74) is 0. The van der Waals surface area contributed by atoms with E-state index in [4.69, 9.17) is 0 Å². The van der Waals surface area contributed by atoms with Gasteiger partial charge in [0.2, 0.25) is 0 Å². The van der Waals surface area contributed by atoms with Gasteiger partial charge in [-0.1, -0.05) is 0 Å². The first-order valence-electron chi connectivity index (χ1n) is 4.43. The first kappa shape index (κ1) is 12.3. The van der Waals surface area contributed by atoms with Crippen molar-refractivity contribution in [2.24, 2.45) is 0 Å². The van der Waals surface area contributed by atoms with Gasteiger partial charge in [-0.05, 0) is 0 Å². The quantitative estimate of drug-likeness (QED) is 0.294. The molecule has 5 N–H and O–H groups in total. The number of ether oxygens (including phenoxy) is 1. The summed E-state index contributed by atoms with van der Waals surface area (Å²) in [5.74, 6) is -0.770. The maximum absolute atomic E-state index is 10.6. The monoisotopic (exact) mass is 222 g/mol. The molecule has 88 valence electrons. The van der Waals surface area contributed by atoms with E-state index in [-0.39, 0.29) is 0 Å². The van der Waals surface area contributed by atoms with Crippen LogP contribution in [-0.2, 0) is 9.53 Å². The van der Waals surface area contributed by atoms with E-state index in [1.54, 1.807) is 0 Å². The second kappa shape index (κ2) is 4.42. The molecule has 1 fully saturated rings. The number of hydrogen-bond donors (Lipinski definition) is 5. The van der Waals surface area contributed by atoms with Gasteiger partial charge in [0.25, 0.3) is 0 Å². The minimum atomic E-state index is -1.68. The van der Waals surface area contributed by atoms with Crippen LogP contribution in [0.5, 0.6) is 0 Å². The van der Waals surface area contributed by atoms with Crippen LogP contribution in [-0.4, -0.2) is 68.1 Å². The van der Waals surface area contributed by atoms with E-state index in [1.165, 1.54) is 0 Å². The topological polar surface area (TPSA) is 127 Å². The highest BCUT2D eigenvalue weighted by atomic mass is 16.6. The highest BCUT2D eigenvalue weighted by Gasteiger charge is 2.49. The molecule has 0 saturated heterocycles. The van der Waals surface area contributed by atoms with E-state index in [0.29, 0.717) is 0 Å². The molecule has 7 nitrogen and oxygen atoms in total. The Morgan fingerprint density at radius 2 is 1.20 bits per heavy atom. The molecule has 0 aromatic heterocycles. The lowest BCUT2D eigenvalue weighted by Crippen LogP contribution is -2.64. The average Bonchev–Trinajstić information content (AvgIpc) is 2.18. The lowest BCUT2D eigenvalue weighted by molar-refractivity contribution is -0.232. The van der Waals surface area contributed by atoms with Crippen LogP contribution in [0.1, 0.15) is 6.92 Å². The second-order valence-corrected chi connectivity index (χ2v) is 3.53. The molecule has 0 aromatic rings. The molecule has 1 saturated carbocycles. The van der Waals surface area contributed by atoms with E-state index in [9.17, 15) is 30.3 Å². The summed E-state index contributed by atoms with van der Waals surface area (Å²) >= 11 is 0. The van der Waals surface area contributed by atoms with Gasteiger partial charge in [-0.15, -0.1) is 0 Å². The fourth-order valence-corrected chi connectivity index (χ4v) is 1.53. The Morgan fingerprint density at radius 3 is 1.53 bits per heavy atom. The SMILES string of the molecule is CC(=O)OC1[C@@H](O)[C@H](O)C(O)[C@H](O)[C@@H]1O. The molecule has 15 heavy (non-hydrogen) atoms. The van der Waals surface area contributed by atoms with Gasteiger partial charge in [-0.2, -0.15) is 0 Å². The minimum Gasteiger partial charge on any atom is -0.457 e. The van der Waals surface area contributed by atoms with Crippen LogP contribution in [0.15, 0.2) is 0 Å². The third-order valence-electron chi connectivity index (χ3n) is 2.37. The molecule has 0 aromatic carbocycles. The summed E-state index contributed by atoms with van der Waals surface area (Å²) in [7, 11) is 0. The standard InChI is InChI=1S/C8H14O7/c1-2(9)15-8-6(13)4(11)3(10)5(12)7(8)14/h3-8,10-14H,1H3/t3?,4-,5+,6-,7-,8?/m0/s1. The summed E-state index contributed by atoms with van der Waals surface area (Å²) in [5, 5.41) is 46.5. The summed E-state index contributed by atoms with van der Waals surface area (Å²) in [6.07, 6.45) is -9.75. The molecule has 6 atom stereocenters. The molecule has 1 rings (SSSR count). The lowest BCUT2D eigenvalue weighted by atomic mass is 9.85. The number of aliphatic hydroxyl groups excluding tert-OH is 5. The van der Waals surface area contributed by atoms with Crippen LogP contribution in [0.2, 0.25) is 0 Å². The fraction of sp³-hybridized carbons (Fsp3) is 0.875. The van der Waals surface area contributed by atoms with Crippen molar-refractivity contribution in [3.8, 4) is 0 Å². The van der Waals surface area contributed by atoms with Crippen LogP contribution in [0, 0.1) is 0 Å². The Labute approximate surface area is 85.5 Å². The predicted molar refractivity (Wildman–Crippen MR) is 45.6 cm³/mol. The van der Waals surface area contributed by atoms with E-state index in [0.717, 1.165) is 6.92 Å². The molecule has 0 radical (unpaired) electrons. The summed E-state index contributed by atoms with van der Waals surface area (Å²) in [6.45, 7) is 1.06. The van der Waals surface area contributed by atoms with Gasteiger partial charge in [0.15, 0.2) is 6.10 Å². The third kappa shape index (κ3) is 2.27. The van der Waals surface area contributed by atoms with Gasteiger partial charge in [-0.25, -0.2) is 0 Å². The van der Waals surface area contributed by atoms with Crippen LogP contribution >= 0.6 is 0 Å². The number of aliphatic hydroxyl groups is 5. The largest absolute Gasteiger partial charge is 0.457 e. The highest BCUT2D eigenvalue weighted by Crippen LogP contribution is 2.23. The maximum atomic E-state index is 10.6. The molecule has 0 aliphatic heterocycles. The van der Waals surface area contributed by atoms with Crippen LogP contribution in [0.4, 0.5) is 0 Å². The van der Waals surface area contributed by atoms with Gasteiger partial charge in [0.1, 0.15) is 30.5 Å². The van der Waals surface area contributed by atoms with Crippen LogP contribution < -0.4 is 0 Å². The van der Waals surface area contributed by atoms with E-state index in [2.05, 4.69) is 4.74 Å². The van der Waals surface area contributed by atoms with Crippen molar-refractivity contribution in [3.63, 3.8) is 0 Å². The van der Waals surface area contributed by atoms with E-state index >= 15 is 0 Å². The minimum absolute atomic E-state index is 0.770. The number of carbonyl (C=O) groups excluding carboxylic acids is 1. The number of esters is 1. The smallest absolute Gasteiger partial charge is 0.303 e. The van der Waals surface area contributed by atoms with E-state index < -0.39 is 42.6 Å². The van der Waals surface area contributed by atoms with Gasteiger partial charge in [-0.3, -0.25) is 4.79 Å². The molecular formula is C8H14O7. The van der Waals surface area contributed by atoms with Crippen molar-refractivity contribution in [3.05, 3.63) is 0 Å². The molecule has 7 heteroatoms. The molecule has 0 bridgehead atoms. The van der Waals surface area contributed by atoms with Gasteiger partial charge in [0.05, 0.1) is 0 Å². The summed E-state index contributed by atoms with van der Waals surface area (Å²) in [4.78, 5) is 10.6. The van der Waals surface area contributed by atoms with Crippen molar-refractivity contribution < 1.29 is 35.1 Å². The van der Waals surface area contributed by atoms with Crippen LogP contribution in [0.25, 0.3) is 0 Å². The van der Waals surface area contributed by atoms with Crippen molar-refractivity contribution in [1.29, 1.82) is 0 Å². The van der Waals surface area contributed by atoms with Crippen molar-refractivity contribution in [2.45, 2.75) is 43.5 Å². The molecular weight excluding hydrogens is 208 g/mol. The van der Waals surface area contributed by atoms with Gasteiger partial charge in [0, 0.05) is 6.92 Å². The Hall–Kier alpha value is -0.730. The summed E-state index contributed by atoms with van der Waals surface area (Å²) < 4.78 is 4.53. The molecule has 1 aliphatic carbocycles. The Bertz CT molecular complexity index is 227. The number of hydrogen-bond acceptors (Lipinski definition) is 7. The molecule has 0 spiro atoms.